The third-order valence-corrected chi connectivity index (χ3v) is 15.7. The fraction of sp³-hybridized carbons (Fsp3) is 0.722. The van der Waals surface area contributed by atoms with Crippen LogP contribution in [0.4, 0.5) is 4.79 Å². The van der Waals surface area contributed by atoms with Crippen molar-refractivity contribution >= 4 is 43.6 Å². The fourth-order valence-electron chi connectivity index (χ4n) is 7.87. The normalized spacial score (nSPS) is 25.5. The molecule has 0 bridgehead atoms. The van der Waals surface area contributed by atoms with Gasteiger partial charge in [0.1, 0.15) is 17.6 Å². The molecule has 3 aliphatic carbocycles. The van der Waals surface area contributed by atoms with Gasteiger partial charge in [0.05, 0.1) is 20.9 Å². The molecule has 4 fully saturated rings. The van der Waals surface area contributed by atoms with Crippen molar-refractivity contribution in [2.24, 2.45) is 22.7 Å². The number of benzene rings is 1. The lowest BCUT2D eigenvalue weighted by Crippen LogP contribution is -2.64. The third kappa shape index (κ3) is 7.79. The molecule has 0 radical (unpaired) electrons. The van der Waals surface area contributed by atoms with Crippen LogP contribution in [0.25, 0.3) is 0 Å². The molecule has 15 heteroatoms. The number of nitrogens with zero attached hydrogens (tertiary/aromatic N) is 1. The fourth-order valence-corrected chi connectivity index (χ4v) is 10.5. The summed E-state index contributed by atoms with van der Waals surface area (Å²) in [6.07, 6.45) is 3.95. The Labute approximate surface area is 302 Å². The van der Waals surface area contributed by atoms with Crippen LogP contribution in [0.2, 0.25) is 0 Å². The first kappa shape index (κ1) is 39.0. The molecule has 2 unspecified atom stereocenters. The summed E-state index contributed by atoms with van der Waals surface area (Å²) in [5.41, 5.74) is -3.44. The molecule has 0 aromatic heterocycles. The van der Waals surface area contributed by atoms with Gasteiger partial charge >= 0.3 is 6.03 Å². The highest BCUT2D eigenvalue weighted by Gasteiger charge is 2.70. The average Bonchev–Trinajstić information content (AvgIpc) is 3.83. The van der Waals surface area contributed by atoms with E-state index < -0.39 is 76.9 Å². The monoisotopic (exact) mass is 749 g/mol. The number of sulfone groups is 1. The Morgan fingerprint density at radius 3 is 1.98 bits per heavy atom. The van der Waals surface area contributed by atoms with Crippen LogP contribution >= 0.6 is 0 Å². The minimum Gasteiger partial charge on any atom is -0.340 e. The van der Waals surface area contributed by atoms with Crippen LogP contribution in [0.15, 0.2) is 35.2 Å². The molecule has 5 amide bonds. The lowest BCUT2D eigenvalue weighted by atomic mass is 9.83. The van der Waals surface area contributed by atoms with Gasteiger partial charge in [-0.3, -0.25) is 14.4 Å². The number of likely N-dealkylation sites (tertiary alicyclic amines) is 1. The Balaban J connectivity index is 1.33. The van der Waals surface area contributed by atoms with Crippen LogP contribution in [-0.4, -0.2) is 85.7 Å². The number of hydrogen-bond donors (Lipinski definition) is 4. The largest absolute Gasteiger partial charge is 0.340 e. The van der Waals surface area contributed by atoms with E-state index in [0.717, 1.165) is 19.3 Å². The smallest absolute Gasteiger partial charge is 0.315 e. The van der Waals surface area contributed by atoms with Crippen molar-refractivity contribution in [3.8, 4) is 0 Å². The summed E-state index contributed by atoms with van der Waals surface area (Å²) in [6.45, 7) is 14.7. The van der Waals surface area contributed by atoms with Gasteiger partial charge < -0.3 is 20.9 Å². The molecule has 4 N–H and O–H groups in total. The van der Waals surface area contributed by atoms with Gasteiger partial charge in [-0.1, -0.05) is 72.1 Å². The Morgan fingerprint density at radius 2 is 1.45 bits per heavy atom. The van der Waals surface area contributed by atoms with E-state index in [1.54, 1.807) is 39.0 Å². The summed E-state index contributed by atoms with van der Waals surface area (Å²) in [6, 6.07) is 4.83. The van der Waals surface area contributed by atoms with Crippen molar-refractivity contribution < 1.29 is 36.0 Å². The number of sulfonamides is 1. The molecule has 4 atom stereocenters. The van der Waals surface area contributed by atoms with Gasteiger partial charge in [0, 0.05) is 6.54 Å². The Morgan fingerprint density at radius 1 is 0.863 bits per heavy atom. The summed E-state index contributed by atoms with van der Waals surface area (Å²) < 4.78 is 53.5. The zero-order chi connectivity index (χ0) is 38.0. The topological polar surface area (TPSA) is 188 Å². The quantitative estimate of drug-likeness (QED) is 0.281. The zero-order valence-electron chi connectivity index (χ0n) is 31.1. The zero-order valence-corrected chi connectivity index (χ0v) is 32.7. The van der Waals surface area contributed by atoms with Crippen LogP contribution < -0.4 is 20.7 Å². The van der Waals surface area contributed by atoms with Crippen LogP contribution in [0.3, 0.4) is 0 Å². The van der Waals surface area contributed by atoms with Crippen molar-refractivity contribution in [3.63, 3.8) is 0 Å². The molecule has 3 saturated carbocycles. The minimum absolute atomic E-state index is 0.0159. The van der Waals surface area contributed by atoms with Gasteiger partial charge in [-0.15, -0.1) is 0 Å². The Bertz CT molecular complexity index is 1770. The summed E-state index contributed by atoms with van der Waals surface area (Å²) >= 11 is 0. The number of fused-ring (bicyclic) bond motifs is 1. The highest BCUT2D eigenvalue weighted by Crippen LogP contribution is 2.65. The van der Waals surface area contributed by atoms with Crippen LogP contribution in [0.5, 0.6) is 0 Å². The second kappa shape index (κ2) is 13.0. The van der Waals surface area contributed by atoms with E-state index in [-0.39, 0.29) is 47.3 Å². The Hall–Kier alpha value is -3.20. The van der Waals surface area contributed by atoms with E-state index in [9.17, 15) is 36.0 Å². The molecule has 1 heterocycles. The maximum absolute atomic E-state index is 14.5. The predicted octanol–water partition coefficient (Wildman–Crippen LogP) is 3.25. The van der Waals surface area contributed by atoms with Crippen molar-refractivity contribution in [1.29, 1.82) is 0 Å². The molecule has 1 aromatic rings. The molecule has 1 aliphatic heterocycles. The van der Waals surface area contributed by atoms with E-state index in [2.05, 4.69) is 20.7 Å². The molecule has 13 nitrogen and oxygen atoms in total. The molecule has 4 aliphatic rings. The van der Waals surface area contributed by atoms with E-state index in [4.69, 9.17) is 0 Å². The molecule has 51 heavy (non-hydrogen) atoms. The standard InChI is InChI=1S/C36H55N5O8S2/c1-32(2,3)27(37-31(45)39-35(17-13-10-14-18-35)22-50(46,47)33(4,5)6)29(43)41-21-24-25(34(24,7)8)26(41)28(42)38-36(19-20-36)30(44)40-51(48,49)23-15-11-9-12-16-23/h9,11-12,15-16,24-27H,10,13-14,17-22H2,1-8H3,(H,38,42)(H,40,44)(H2,37,39,45)/t24?,25?,26-,27+/m0/s1. The van der Waals surface area contributed by atoms with Crippen LogP contribution in [0.1, 0.15) is 100 Å². The molecular weight excluding hydrogens is 695 g/mol. The summed E-state index contributed by atoms with van der Waals surface area (Å²) in [5, 5.41) is 8.65. The summed E-state index contributed by atoms with van der Waals surface area (Å²) in [4.78, 5) is 57.0. The van der Waals surface area contributed by atoms with Gasteiger partial charge in [-0.2, -0.15) is 0 Å². The predicted molar refractivity (Wildman–Crippen MR) is 192 cm³/mol. The van der Waals surface area contributed by atoms with Crippen molar-refractivity contribution in [1.82, 2.24) is 25.6 Å². The first-order valence-corrected chi connectivity index (χ1v) is 21.1. The average molecular weight is 750 g/mol. The van der Waals surface area contributed by atoms with Crippen molar-refractivity contribution in [2.45, 2.75) is 133 Å². The molecule has 0 spiro atoms. The number of carbonyl (C=O) groups is 4. The SMILES string of the molecule is CC1(C)C2CN(C(=O)[C@@H](NC(=O)NC3(CS(=O)(=O)C(C)(C)C)CCCCC3)C(C)(C)C)[C@H](C(=O)NC3(C(=O)NS(=O)(=O)c4ccccc4)CC3)C21. The maximum atomic E-state index is 14.5. The number of urea groups is 1. The van der Waals surface area contributed by atoms with E-state index in [1.807, 2.05) is 34.6 Å². The van der Waals surface area contributed by atoms with Gasteiger partial charge in [-0.05, 0) is 81.3 Å². The van der Waals surface area contributed by atoms with Gasteiger partial charge in [0.15, 0.2) is 9.84 Å². The van der Waals surface area contributed by atoms with E-state index in [0.29, 0.717) is 12.8 Å². The lowest BCUT2D eigenvalue weighted by molar-refractivity contribution is -0.144. The summed E-state index contributed by atoms with van der Waals surface area (Å²) in [7, 11) is -7.75. The first-order valence-electron chi connectivity index (χ1n) is 17.9. The first-order chi connectivity index (χ1) is 23.4. The molecule has 1 aromatic carbocycles. The number of piperidine rings is 1. The molecular formula is C36H55N5O8S2. The number of hydrogen-bond acceptors (Lipinski definition) is 8. The second-order valence-electron chi connectivity index (χ2n) is 17.8. The lowest BCUT2D eigenvalue weighted by Gasteiger charge is -2.41. The number of carbonyl (C=O) groups excluding carboxylic acids is 4. The minimum atomic E-state index is -4.17. The molecule has 1 saturated heterocycles. The third-order valence-electron chi connectivity index (χ3n) is 11.6. The number of nitrogens with one attached hydrogen (secondary N) is 4. The van der Waals surface area contributed by atoms with Gasteiger partial charge in [0.2, 0.25) is 11.8 Å². The summed E-state index contributed by atoms with van der Waals surface area (Å²) in [5.74, 6) is -2.23. The van der Waals surface area contributed by atoms with E-state index in [1.165, 1.54) is 17.0 Å². The highest BCUT2D eigenvalue weighted by atomic mass is 32.2. The number of rotatable bonds is 10. The second-order valence-corrected chi connectivity index (χ2v) is 22.2. The molecule has 284 valence electrons. The van der Waals surface area contributed by atoms with Gasteiger partial charge in [0.25, 0.3) is 15.9 Å². The highest BCUT2D eigenvalue weighted by molar-refractivity contribution is 7.92. The Kier molecular flexibility index (Phi) is 9.97. The van der Waals surface area contributed by atoms with Crippen LogP contribution in [-0.2, 0) is 34.2 Å². The van der Waals surface area contributed by atoms with Crippen molar-refractivity contribution in [2.75, 3.05) is 12.3 Å². The maximum Gasteiger partial charge on any atom is 0.315 e. The molecule has 5 rings (SSSR count). The number of amides is 5. The van der Waals surface area contributed by atoms with Gasteiger partial charge in [-0.25, -0.2) is 26.4 Å². The van der Waals surface area contributed by atoms with Crippen molar-refractivity contribution in [3.05, 3.63) is 30.3 Å². The van der Waals surface area contributed by atoms with Crippen LogP contribution in [0, 0.1) is 22.7 Å². The van der Waals surface area contributed by atoms with E-state index >= 15 is 0 Å².